The molecule has 5 heteroatoms. The first-order valence-electron chi connectivity index (χ1n) is 7.52. The Labute approximate surface area is 125 Å². The van der Waals surface area contributed by atoms with Crippen molar-refractivity contribution in [2.24, 2.45) is 0 Å². The first-order valence-corrected chi connectivity index (χ1v) is 7.52. The molecule has 1 aromatic carbocycles. The Morgan fingerprint density at radius 1 is 1.48 bits per heavy atom. The highest BCUT2D eigenvalue weighted by atomic mass is 19.1. The molecule has 1 aliphatic rings. The standard InChI is InChI=1S/C16H23FN2O2/c1-3-11(2)19-16(20)10-21-15-7-4-12(8-14(15)17)9-18-13-5-6-13/h4,7-8,11,13,18H,3,5-6,9-10H2,1-2H3,(H,19,20). The summed E-state index contributed by atoms with van der Waals surface area (Å²) in [6.45, 7) is 4.40. The van der Waals surface area contributed by atoms with Crippen LogP contribution in [-0.2, 0) is 11.3 Å². The summed E-state index contributed by atoms with van der Waals surface area (Å²) in [5.74, 6) is -0.547. The van der Waals surface area contributed by atoms with Crippen molar-refractivity contribution in [3.8, 4) is 5.75 Å². The zero-order chi connectivity index (χ0) is 15.2. The number of hydrogen-bond donors (Lipinski definition) is 2. The smallest absolute Gasteiger partial charge is 0.258 e. The van der Waals surface area contributed by atoms with Crippen molar-refractivity contribution in [2.45, 2.75) is 51.7 Å². The summed E-state index contributed by atoms with van der Waals surface area (Å²) >= 11 is 0. The third-order valence-electron chi connectivity index (χ3n) is 3.55. The lowest BCUT2D eigenvalue weighted by molar-refractivity contribution is -0.123. The van der Waals surface area contributed by atoms with E-state index >= 15 is 0 Å². The molecular weight excluding hydrogens is 271 g/mol. The summed E-state index contributed by atoms with van der Waals surface area (Å²) in [6, 6.07) is 5.54. The summed E-state index contributed by atoms with van der Waals surface area (Å²) in [4.78, 5) is 11.6. The maximum atomic E-state index is 13.9. The number of nitrogens with one attached hydrogen (secondary N) is 2. The molecule has 1 aromatic rings. The van der Waals surface area contributed by atoms with Gasteiger partial charge in [0.2, 0.25) is 0 Å². The maximum Gasteiger partial charge on any atom is 0.258 e. The van der Waals surface area contributed by atoms with Gasteiger partial charge in [0.05, 0.1) is 0 Å². The van der Waals surface area contributed by atoms with Crippen LogP contribution in [0.15, 0.2) is 18.2 Å². The van der Waals surface area contributed by atoms with E-state index in [1.165, 1.54) is 18.9 Å². The van der Waals surface area contributed by atoms with Gasteiger partial charge in [-0.25, -0.2) is 4.39 Å². The number of amides is 1. The Balaban J connectivity index is 1.80. The van der Waals surface area contributed by atoms with Crippen molar-refractivity contribution in [2.75, 3.05) is 6.61 Å². The normalized spacial score (nSPS) is 15.6. The lowest BCUT2D eigenvalue weighted by Crippen LogP contribution is -2.35. The Morgan fingerprint density at radius 3 is 2.86 bits per heavy atom. The van der Waals surface area contributed by atoms with E-state index in [0.29, 0.717) is 12.6 Å². The van der Waals surface area contributed by atoms with Gasteiger partial charge in [-0.1, -0.05) is 13.0 Å². The molecule has 2 rings (SSSR count). The number of halogens is 1. The van der Waals surface area contributed by atoms with E-state index < -0.39 is 5.82 Å². The van der Waals surface area contributed by atoms with Gasteiger partial charge in [-0.15, -0.1) is 0 Å². The fraction of sp³-hybridized carbons (Fsp3) is 0.562. The summed E-state index contributed by atoms with van der Waals surface area (Å²) in [5, 5.41) is 6.10. The molecular formula is C16H23FN2O2. The Hall–Kier alpha value is -1.62. The van der Waals surface area contributed by atoms with E-state index in [4.69, 9.17) is 4.74 Å². The molecule has 1 unspecified atom stereocenters. The van der Waals surface area contributed by atoms with Gasteiger partial charge in [0, 0.05) is 18.6 Å². The van der Waals surface area contributed by atoms with Crippen LogP contribution in [-0.4, -0.2) is 24.6 Å². The Kier molecular flexibility index (Phi) is 5.56. The minimum Gasteiger partial charge on any atom is -0.481 e. The lowest BCUT2D eigenvalue weighted by Gasteiger charge is -2.12. The van der Waals surface area contributed by atoms with Crippen molar-refractivity contribution in [3.63, 3.8) is 0 Å². The highest BCUT2D eigenvalue weighted by Gasteiger charge is 2.20. The molecule has 1 fully saturated rings. The molecule has 0 saturated heterocycles. The fourth-order valence-electron chi connectivity index (χ4n) is 1.88. The topological polar surface area (TPSA) is 50.4 Å². The fourth-order valence-corrected chi connectivity index (χ4v) is 1.88. The van der Waals surface area contributed by atoms with Gasteiger partial charge in [-0.2, -0.15) is 0 Å². The molecule has 0 spiro atoms. The average molecular weight is 294 g/mol. The van der Waals surface area contributed by atoms with Crippen LogP contribution >= 0.6 is 0 Å². The monoisotopic (exact) mass is 294 g/mol. The van der Waals surface area contributed by atoms with Crippen LogP contribution in [0.25, 0.3) is 0 Å². The van der Waals surface area contributed by atoms with Crippen LogP contribution < -0.4 is 15.4 Å². The highest BCUT2D eigenvalue weighted by molar-refractivity contribution is 5.77. The highest BCUT2D eigenvalue weighted by Crippen LogP contribution is 2.21. The minimum atomic E-state index is -0.429. The average Bonchev–Trinajstić information content (AvgIpc) is 3.28. The molecule has 0 heterocycles. The number of rotatable bonds is 8. The molecule has 4 nitrogen and oxygen atoms in total. The molecule has 21 heavy (non-hydrogen) atoms. The predicted octanol–water partition coefficient (Wildman–Crippen LogP) is 2.37. The molecule has 1 saturated carbocycles. The third kappa shape index (κ3) is 5.34. The number of ether oxygens (including phenoxy) is 1. The molecule has 0 aromatic heterocycles. The number of benzene rings is 1. The van der Waals surface area contributed by atoms with E-state index in [1.807, 2.05) is 19.9 Å². The van der Waals surface area contributed by atoms with E-state index in [1.54, 1.807) is 6.07 Å². The van der Waals surface area contributed by atoms with Crippen LogP contribution in [0.4, 0.5) is 4.39 Å². The SMILES string of the molecule is CCC(C)NC(=O)COc1ccc(CNC2CC2)cc1F. The van der Waals surface area contributed by atoms with Crippen molar-refractivity contribution >= 4 is 5.91 Å². The molecule has 2 N–H and O–H groups in total. The van der Waals surface area contributed by atoms with Crippen molar-refractivity contribution in [1.29, 1.82) is 0 Å². The zero-order valence-corrected chi connectivity index (χ0v) is 12.6. The van der Waals surface area contributed by atoms with Crippen LogP contribution in [0.3, 0.4) is 0 Å². The molecule has 1 amide bonds. The van der Waals surface area contributed by atoms with Crippen molar-refractivity contribution in [1.82, 2.24) is 10.6 Å². The van der Waals surface area contributed by atoms with Gasteiger partial charge < -0.3 is 15.4 Å². The van der Waals surface area contributed by atoms with E-state index in [-0.39, 0.29) is 24.3 Å². The van der Waals surface area contributed by atoms with E-state index in [2.05, 4.69) is 10.6 Å². The van der Waals surface area contributed by atoms with Gasteiger partial charge >= 0.3 is 0 Å². The summed E-state index contributed by atoms with van der Waals surface area (Å²) in [6.07, 6.45) is 3.26. The summed E-state index contributed by atoms with van der Waals surface area (Å²) in [7, 11) is 0. The van der Waals surface area contributed by atoms with Gasteiger partial charge in [-0.05, 0) is 43.9 Å². The van der Waals surface area contributed by atoms with Gasteiger partial charge in [0.25, 0.3) is 5.91 Å². The predicted molar refractivity (Wildman–Crippen MR) is 79.7 cm³/mol. The quantitative estimate of drug-likeness (QED) is 0.774. The number of carbonyl (C=O) groups is 1. The van der Waals surface area contributed by atoms with Crippen molar-refractivity contribution < 1.29 is 13.9 Å². The van der Waals surface area contributed by atoms with Crippen LogP contribution in [0.5, 0.6) is 5.75 Å². The van der Waals surface area contributed by atoms with E-state index in [0.717, 1.165) is 12.0 Å². The second kappa shape index (κ2) is 7.41. The molecule has 0 aliphatic heterocycles. The molecule has 1 aliphatic carbocycles. The minimum absolute atomic E-state index is 0.0989. The first-order chi connectivity index (χ1) is 10.1. The molecule has 0 bridgehead atoms. The summed E-state index contributed by atoms with van der Waals surface area (Å²) in [5.41, 5.74) is 0.885. The Morgan fingerprint density at radius 2 is 2.24 bits per heavy atom. The van der Waals surface area contributed by atoms with Gasteiger partial charge in [-0.3, -0.25) is 4.79 Å². The third-order valence-corrected chi connectivity index (χ3v) is 3.55. The lowest BCUT2D eigenvalue weighted by atomic mass is 10.2. The largest absolute Gasteiger partial charge is 0.481 e. The number of hydrogen-bond acceptors (Lipinski definition) is 3. The van der Waals surface area contributed by atoms with Gasteiger partial charge in [0.15, 0.2) is 18.2 Å². The molecule has 1 atom stereocenters. The van der Waals surface area contributed by atoms with Crippen LogP contribution in [0, 0.1) is 5.82 Å². The van der Waals surface area contributed by atoms with Crippen LogP contribution in [0.2, 0.25) is 0 Å². The van der Waals surface area contributed by atoms with E-state index in [9.17, 15) is 9.18 Å². The number of carbonyl (C=O) groups excluding carboxylic acids is 1. The molecule has 116 valence electrons. The second-order valence-corrected chi connectivity index (χ2v) is 5.59. The second-order valence-electron chi connectivity index (χ2n) is 5.59. The van der Waals surface area contributed by atoms with Gasteiger partial charge in [0.1, 0.15) is 0 Å². The van der Waals surface area contributed by atoms with Crippen molar-refractivity contribution in [3.05, 3.63) is 29.6 Å². The first kappa shape index (κ1) is 15.8. The Bertz CT molecular complexity index is 489. The maximum absolute atomic E-state index is 13.9. The zero-order valence-electron chi connectivity index (χ0n) is 12.6. The molecule has 0 radical (unpaired) electrons. The van der Waals surface area contributed by atoms with Crippen LogP contribution in [0.1, 0.15) is 38.7 Å². The summed E-state index contributed by atoms with van der Waals surface area (Å²) < 4.78 is 19.1.